The quantitative estimate of drug-likeness (QED) is 0.119. The summed E-state index contributed by atoms with van der Waals surface area (Å²) in [5.74, 6) is 2.63. The Labute approximate surface area is 165 Å². The van der Waals surface area contributed by atoms with Crippen molar-refractivity contribution in [3.63, 3.8) is 0 Å². The van der Waals surface area contributed by atoms with Gasteiger partial charge in [0.25, 0.3) is 5.88 Å². The molecule has 0 radical (unpaired) electrons. The van der Waals surface area contributed by atoms with Gasteiger partial charge in [0.1, 0.15) is 17.4 Å². The molecule has 1 heterocycles. The smallest absolute Gasteiger partial charge is 0.326 e. The zero-order chi connectivity index (χ0) is 20.7. The molecule has 28 heavy (non-hydrogen) atoms. The Balaban J connectivity index is 1.79. The molecule has 0 amide bonds. The average Bonchev–Trinajstić information content (AvgIpc) is 3.07. The van der Waals surface area contributed by atoms with Gasteiger partial charge in [-0.3, -0.25) is 4.79 Å². The number of hydrazine groups is 1. The molecule has 2 aromatic rings. The van der Waals surface area contributed by atoms with E-state index in [2.05, 4.69) is 26.2 Å². The SMILES string of the molecule is N/C(=N\N(N)CC(=O)O)c1cc(OCCCOc2cc(F)cc(F)c2Br)no1. The van der Waals surface area contributed by atoms with Crippen molar-refractivity contribution in [2.24, 2.45) is 16.7 Å². The number of hydrogen-bond acceptors (Lipinski definition) is 8. The summed E-state index contributed by atoms with van der Waals surface area (Å²) < 4.78 is 42.1. The second kappa shape index (κ2) is 9.85. The minimum Gasteiger partial charge on any atom is -0.492 e. The van der Waals surface area contributed by atoms with Gasteiger partial charge in [0.2, 0.25) is 5.76 Å². The van der Waals surface area contributed by atoms with Gasteiger partial charge in [0.15, 0.2) is 12.4 Å². The van der Waals surface area contributed by atoms with E-state index in [1.807, 2.05) is 0 Å². The lowest BCUT2D eigenvalue weighted by molar-refractivity contribution is -0.138. The van der Waals surface area contributed by atoms with E-state index in [1.54, 1.807) is 0 Å². The summed E-state index contributed by atoms with van der Waals surface area (Å²) in [7, 11) is 0. The molecule has 0 atom stereocenters. The van der Waals surface area contributed by atoms with Crippen LogP contribution in [-0.4, -0.2) is 46.9 Å². The van der Waals surface area contributed by atoms with E-state index in [4.69, 9.17) is 30.7 Å². The molecule has 0 aliphatic rings. The molecule has 0 aliphatic heterocycles. The summed E-state index contributed by atoms with van der Waals surface area (Å²) in [6.45, 7) is -0.253. The van der Waals surface area contributed by atoms with Crippen LogP contribution in [0.1, 0.15) is 12.2 Å². The Hall–Kier alpha value is -2.93. The predicted molar refractivity (Wildman–Crippen MR) is 95.4 cm³/mol. The largest absolute Gasteiger partial charge is 0.492 e. The number of aromatic nitrogens is 1. The number of carboxylic acid groups (broad SMARTS) is 1. The zero-order valence-corrected chi connectivity index (χ0v) is 15.9. The highest BCUT2D eigenvalue weighted by Crippen LogP contribution is 2.29. The van der Waals surface area contributed by atoms with Gasteiger partial charge in [-0.2, -0.15) is 0 Å². The number of rotatable bonds is 10. The molecule has 0 bridgehead atoms. The van der Waals surface area contributed by atoms with E-state index in [-0.39, 0.29) is 40.9 Å². The molecule has 1 aromatic heterocycles. The third-order valence-corrected chi connectivity index (χ3v) is 3.80. The van der Waals surface area contributed by atoms with Gasteiger partial charge < -0.3 is 24.8 Å². The highest BCUT2D eigenvalue weighted by Gasteiger charge is 2.12. The normalized spacial score (nSPS) is 11.4. The van der Waals surface area contributed by atoms with Crippen LogP contribution in [0.3, 0.4) is 0 Å². The summed E-state index contributed by atoms with van der Waals surface area (Å²) >= 11 is 2.98. The lowest BCUT2D eigenvalue weighted by Crippen LogP contribution is -2.33. The minimum absolute atomic E-state index is 0.0302. The fourth-order valence-electron chi connectivity index (χ4n) is 1.86. The number of carbonyl (C=O) groups is 1. The lowest BCUT2D eigenvalue weighted by Gasteiger charge is -2.09. The standard InChI is InChI=1S/C15H16BrF2N5O5/c16-14-9(18)4-8(17)5-10(14)26-2-1-3-27-12-6-11(28-22-12)15(19)21-23(20)7-13(24)25/h4-6H,1-3,7,20H2,(H2,19,21)(H,24,25). The summed E-state index contributed by atoms with van der Waals surface area (Å²) in [6, 6.07) is 3.14. The van der Waals surface area contributed by atoms with E-state index in [9.17, 15) is 13.6 Å². The lowest BCUT2D eigenvalue weighted by atomic mass is 10.3. The number of nitrogens with zero attached hydrogens (tertiary/aromatic N) is 3. The number of hydrogen-bond donors (Lipinski definition) is 3. The van der Waals surface area contributed by atoms with Crippen molar-refractivity contribution < 1.29 is 32.7 Å². The summed E-state index contributed by atoms with van der Waals surface area (Å²) in [6.07, 6.45) is 0.380. The van der Waals surface area contributed by atoms with Gasteiger partial charge >= 0.3 is 5.97 Å². The van der Waals surface area contributed by atoms with E-state index in [0.29, 0.717) is 11.5 Å². The Morgan fingerprint density at radius 2 is 2.04 bits per heavy atom. The Morgan fingerprint density at radius 3 is 2.75 bits per heavy atom. The Kier molecular flexibility index (Phi) is 7.52. The average molecular weight is 464 g/mol. The first kappa shape index (κ1) is 21.4. The number of ether oxygens (including phenoxy) is 2. The van der Waals surface area contributed by atoms with Gasteiger partial charge in [0, 0.05) is 18.6 Å². The molecular weight excluding hydrogens is 448 g/mol. The van der Waals surface area contributed by atoms with Crippen LogP contribution in [0.4, 0.5) is 8.78 Å². The molecule has 0 saturated heterocycles. The first-order valence-corrected chi connectivity index (χ1v) is 8.51. The van der Waals surface area contributed by atoms with Crippen molar-refractivity contribution >= 4 is 27.7 Å². The summed E-state index contributed by atoms with van der Waals surface area (Å²) in [4.78, 5) is 10.5. The van der Waals surface area contributed by atoms with E-state index in [0.717, 1.165) is 12.1 Å². The fraction of sp³-hybridized carbons (Fsp3) is 0.267. The van der Waals surface area contributed by atoms with Crippen LogP contribution in [0, 0.1) is 11.6 Å². The maximum atomic E-state index is 13.4. The van der Waals surface area contributed by atoms with Gasteiger partial charge in [-0.1, -0.05) is 0 Å². The number of benzene rings is 1. The molecule has 1 aromatic carbocycles. The molecule has 152 valence electrons. The molecular formula is C15H16BrF2N5O5. The van der Waals surface area contributed by atoms with Crippen LogP contribution in [0.2, 0.25) is 0 Å². The van der Waals surface area contributed by atoms with Crippen molar-refractivity contribution in [1.29, 1.82) is 0 Å². The van der Waals surface area contributed by atoms with Crippen LogP contribution in [0.15, 0.2) is 32.3 Å². The first-order chi connectivity index (χ1) is 13.3. The number of carboxylic acids is 1. The van der Waals surface area contributed by atoms with Crippen molar-refractivity contribution in [2.75, 3.05) is 19.8 Å². The fourth-order valence-corrected chi connectivity index (χ4v) is 2.21. The second-order valence-corrected chi connectivity index (χ2v) is 6.05. The molecule has 0 spiro atoms. The highest BCUT2D eigenvalue weighted by molar-refractivity contribution is 9.10. The van der Waals surface area contributed by atoms with Crippen molar-refractivity contribution in [2.45, 2.75) is 6.42 Å². The summed E-state index contributed by atoms with van der Waals surface area (Å²) in [5, 5.41) is 16.5. The third kappa shape index (κ3) is 6.35. The Morgan fingerprint density at radius 1 is 1.32 bits per heavy atom. The molecule has 0 fully saturated rings. The van der Waals surface area contributed by atoms with E-state index in [1.165, 1.54) is 6.07 Å². The number of hydrazone groups is 1. The van der Waals surface area contributed by atoms with Gasteiger partial charge in [0.05, 0.1) is 23.8 Å². The van der Waals surface area contributed by atoms with Gasteiger partial charge in [-0.15, -0.1) is 5.10 Å². The third-order valence-electron chi connectivity index (χ3n) is 3.03. The number of amidine groups is 1. The monoisotopic (exact) mass is 463 g/mol. The van der Waals surface area contributed by atoms with Crippen LogP contribution in [0.25, 0.3) is 0 Å². The molecule has 0 aliphatic carbocycles. The van der Waals surface area contributed by atoms with Crippen LogP contribution < -0.4 is 21.1 Å². The molecule has 2 rings (SSSR count). The van der Waals surface area contributed by atoms with Crippen LogP contribution in [-0.2, 0) is 4.79 Å². The van der Waals surface area contributed by atoms with Crippen LogP contribution in [0.5, 0.6) is 11.6 Å². The van der Waals surface area contributed by atoms with E-state index >= 15 is 0 Å². The zero-order valence-electron chi connectivity index (χ0n) is 14.3. The number of nitrogens with two attached hydrogens (primary N) is 2. The van der Waals surface area contributed by atoms with Crippen molar-refractivity contribution in [3.05, 3.63) is 40.1 Å². The first-order valence-electron chi connectivity index (χ1n) is 7.71. The Bertz CT molecular complexity index is 863. The maximum absolute atomic E-state index is 13.4. The summed E-state index contributed by atoms with van der Waals surface area (Å²) in [5.41, 5.74) is 5.62. The molecule has 0 saturated carbocycles. The van der Waals surface area contributed by atoms with Gasteiger partial charge in [-0.05, 0) is 21.1 Å². The second-order valence-electron chi connectivity index (χ2n) is 5.26. The van der Waals surface area contributed by atoms with Crippen molar-refractivity contribution in [3.8, 4) is 11.6 Å². The molecule has 13 heteroatoms. The van der Waals surface area contributed by atoms with Crippen LogP contribution >= 0.6 is 15.9 Å². The predicted octanol–water partition coefficient (Wildman–Crippen LogP) is 1.44. The van der Waals surface area contributed by atoms with E-state index < -0.39 is 24.1 Å². The number of halogens is 3. The number of aliphatic carboxylic acids is 1. The van der Waals surface area contributed by atoms with Gasteiger partial charge in [-0.25, -0.2) is 19.7 Å². The maximum Gasteiger partial charge on any atom is 0.326 e. The molecule has 0 unspecified atom stereocenters. The molecule has 10 nitrogen and oxygen atoms in total. The highest BCUT2D eigenvalue weighted by atomic mass is 79.9. The topological polar surface area (TPSA) is 149 Å². The molecule has 5 N–H and O–H groups in total. The van der Waals surface area contributed by atoms with Crippen molar-refractivity contribution in [1.82, 2.24) is 10.3 Å². The minimum atomic E-state index is -1.18.